The van der Waals surface area contributed by atoms with Gasteiger partial charge in [-0.25, -0.2) is 5.43 Å². The monoisotopic (exact) mass is 467 g/mol. The second kappa shape index (κ2) is 11.3. The Labute approximate surface area is 198 Å². The van der Waals surface area contributed by atoms with Crippen LogP contribution in [0.4, 0.5) is 5.69 Å². The maximum absolute atomic E-state index is 12.6. The van der Waals surface area contributed by atoms with Crippen LogP contribution < -0.4 is 20.2 Å². The third kappa shape index (κ3) is 5.92. The number of ether oxygens (including phenoxy) is 2. The van der Waals surface area contributed by atoms with E-state index >= 15 is 0 Å². The fourth-order valence-electron chi connectivity index (χ4n) is 4.02. The minimum absolute atomic E-state index is 0.273. The van der Waals surface area contributed by atoms with Crippen LogP contribution >= 0.6 is 0 Å². The van der Waals surface area contributed by atoms with Crippen molar-refractivity contribution < 1.29 is 29.0 Å². The Morgan fingerprint density at radius 3 is 2.26 bits per heavy atom. The summed E-state index contributed by atoms with van der Waals surface area (Å²) in [6.45, 7) is 1.75. The zero-order valence-electron chi connectivity index (χ0n) is 19.5. The average molecular weight is 468 g/mol. The van der Waals surface area contributed by atoms with E-state index in [4.69, 9.17) is 9.47 Å². The molecule has 0 unspecified atom stereocenters. The van der Waals surface area contributed by atoms with Crippen LogP contribution in [0.25, 0.3) is 0 Å². The molecule has 0 bridgehead atoms. The molecule has 0 heterocycles. The molecule has 9 nitrogen and oxygen atoms in total. The molecule has 2 atom stereocenters. The van der Waals surface area contributed by atoms with Crippen molar-refractivity contribution in [2.45, 2.75) is 32.6 Å². The lowest BCUT2D eigenvalue weighted by Crippen LogP contribution is -2.36. The molecular formula is C25H29N3O6. The predicted molar refractivity (Wildman–Crippen MR) is 127 cm³/mol. The number of methoxy groups -OCH3 is 2. The van der Waals surface area contributed by atoms with Gasteiger partial charge in [-0.2, -0.15) is 5.10 Å². The summed E-state index contributed by atoms with van der Waals surface area (Å²) in [7, 11) is 2.99. The largest absolute Gasteiger partial charge is 0.497 e. The second-order valence-electron chi connectivity index (χ2n) is 8.11. The number of benzene rings is 2. The van der Waals surface area contributed by atoms with Crippen LogP contribution in [0.15, 0.2) is 47.6 Å². The summed E-state index contributed by atoms with van der Waals surface area (Å²) >= 11 is 0. The van der Waals surface area contributed by atoms with Crippen LogP contribution in [0, 0.1) is 11.8 Å². The minimum Gasteiger partial charge on any atom is -0.497 e. The number of hydrazone groups is 1. The van der Waals surface area contributed by atoms with Crippen LogP contribution in [0.2, 0.25) is 0 Å². The van der Waals surface area contributed by atoms with Gasteiger partial charge in [0, 0.05) is 5.69 Å². The topological polar surface area (TPSA) is 126 Å². The third-order valence-electron chi connectivity index (χ3n) is 5.97. The summed E-state index contributed by atoms with van der Waals surface area (Å²) in [5, 5.41) is 16.4. The number of carbonyl (C=O) groups excluding carboxylic acids is 2. The van der Waals surface area contributed by atoms with E-state index in [0.717, 1.165) is 18.4 Å². The summed E-state index contributed by atoms with van der Waals surface area (Å²) in [4.78, 5) is 36.7. The smallest absolute Gasteiger partial charge is 0.307 e. The zero-order valence-corrected chi connectivity index (χ0v) is 19.5. The number of hydrogen-bond donors (Lipinski definition) is 3. The predicted octanol–water partition coefficient (Wildman–Crippen LogP) is 3.69. The lowest BCUT2D eigenvalue weighted by molar-refractivity contribution is -0.147. The van der Waals surface area contributed by atoms with Crippen molar-refractivity contribution in [3.8, 4) is 11.5 Å². The molecule has 1 aliphatic carbocycles. The lowest BCUT2D eigenvalue weighted by atomic mass is 9.78. The standard InChI is InChI=1S/C25H29N3O6/c1-15(27-28-24(30)21-14-18(33-2)12-13-22(21)34-3)16-8-10-17(11-9-16)26-23(29)19-6-4-5-7-20(19)25(31)32/h8-14,19-20H,4-7H2,1-3H3,(H,26,29)(H,28,30)(H,31,32)/b27-15-/t19-,20+/m0/s1. The van der Waals surface area contributed by atoms with E-state index in [1.165, 1.54) is 14.2 Å². The van der Waals surface area contributed by atoms with Gasteiger partial charge in [0.2, 0.25) is 5.91 Å². The fraction of sp³-hybridized carbons (Fsp3) is 0.360. The first kappa shape index (κ1) is 24.8. The first-order valence-corrected chi connectivity index (χ1v) is 11.0. The molecule has 2 amide bonds. The summed E-state index contributed by atoms with van der Waals surface area (Å²) in [5.41, 5.74) is 4.69. The van der Waals surface area contributed by atoms with Crippen LogP contribution in [-0.2, 0) is 9.59 Å². The molecule has 1 aliphatic rings. The molecule has 0 aliphatic heterocycles. The fourth-order valence-corrected chi connectivity index (χ4v) is 4.02. The van der Waals surface area contributed by atoms with Crippen molar-refractivity contribution in [1.29, 1.82) is 0 Å². The van der Waals surface area contributed by atoms with E-state index in [0.29, 0.717) is 41.3 Å². The van der Waals surface area contributed by atoms with E-state index in [1.807, 2.05) is 0 Å². The Hall–Kier alpha value is -3.88. The zero-order chi connectivity index (χ0) is 24.7. The summed E-state index contributed by atoms with van der Waals surface area (Å²) < 4.78 is 10.4. The number of carbonyl (C=O) groups is 3. The highest BCUT2D eigenvalue weighted by atomic mass is 16.5. The number of anilines is 1. The molecule has 9 heteroatoms. The Morgan fingerprint density at radius 2 is 1.65 bits per heavy atom. The highest BCUT2D eigenvalue weighted by Crippen LogP contribution is 2.31. The van der Waals surface area contributed by atoms with Crippen LogP contribution in [0.5, 0.6) is 11.5 Å². The lowest BCUT2D eigenvalue weighted by Gasteiger charge is -2.27. The highest BCUT2D eigenvalue weighted by molar-refractivity contribution is 6.02. The highest BCUT2D eigenvalue weighted by Gasteiger charge is 2.35. The Balaban J connectivity index is 1.64. The maximum Gasteiger partial charge on any atom is 0.307 e. The Kier molecular flexibility index (Phi) is 8.24. The molecule has 1 saturated carbocycles. The number of nitrogens with zero attached hydrogens (tertiary/aromatic N) is 1. The van der Waals surface area contributed by atoms with Gasteiger partial charge in [-0.15, -0.1) is 0 Å². The first-order chi connectivity index (χ1) is 16.3. The number of aliphatic carboxylic acids is 1. The molecule has 3 rings (SSSR count). The molecule has 180 valence electrons. The van der Waals surface area contributed by atoms with E-state index in [2.05, 4.69) is 15.8 Å². The average Bonchev–Trinajstić information content (AvgIpc) is 2.86. The molecule has 0 saturated heterocycles. The van der Waals surface area contributed by atoms with Crippen molar-refractivity contribution in [1.82, 2.24) is 5.43 Å². The van der Waals surface area contributed by atoms with Crippen molar-refractivity contribution in [3.63, 3.8) is 0 Å². The van der Waals surface area contributed by atoms with Crippen LogP contribution in [0.1, 0.15) is 48.5 Å². The number of amides is 2. The van der Waals surface area contributed by atoms with Crippen molar-refractivity contribution in [2.24, 2.45) is 16.9 Å². The molecule has 2 aromatic rings. The van der Waals surface area contributed by atoms with Crippen molar-refractivity contribution >= 4 is 29.2 Å². The van der Waals surface area contributed by atoms with E-state index in [1.54, 1.807) is 49.4 Å². The van der Waals surface area contributed by atoms with Crippen molar-refractivity contribution in [3.05, 3.63) is 53.6 Å². The molecule has 3 N–H and O–H groups in total. The number of rotatable bonds is 8. The van der Waals surface area contributed by atoms with Gasteiger partial charge in [0.05, 0.1) is 37.3 Å². The van der Waals surface area contributed by atoms with Gasteiger partial charge in [-0.1, -0.05) is 25.0 Å². The number of nitrogens with one attached hydrogen (secondary N) is 2. The first-order valence-electron chi connectivity index (χ1n) is 11.0. The molecular weight excluding hydrogens is 438 g/mol. The number of carboxylic acids is 1. The molecule has 0 radical (unpaired) electrons. The van der Waals surface area contributed by atoms with Gasteiger partial charge < -0.3 is 19.9 Å². The van der Waals surface area contributed by atoms with Gasteiger partial charge in [0.15, 0.2) is 0 Å². The SMILES string of the molecule is COc1ccc(OC)c(C(=O)N/N=C(/C)c2ccc(NC(=O)[C@H]3CCCC[C@H]3C(=O)O)cc2)c1. The molecule has 2 aromatic carbocycles. The van der Waals surface area contributed by atoms with Gasteiger partial charge in [0.1, 0.15) is 11.5 Å². The van der Waals surface area contributed by atoms with Gasteiger partial charge >= 0.3 is 5.97 Å². The van der Waals surface area contributed by atoms with Gasteiger partial charge in [-0.3, -0.25) is 14.4 Å². The van der Waals surface area contributed by atoms with Gasteiger partial charge in [0.25, 0.3) is 5.91 Å². The molecule has 0 aromatic heterocycles. The minimum atomic E-state index is -0.921. The Bertz CT molecular complexity index is 1080. The van der Waals surface area contributed by atoms with E-state index in [9.17, 15) is 19.5 Å². The third-order valence-corrected chi connectivity index (χ3v) is 5.97. The van der Waals surface area contributed by atoms with Crippen LogP contribution in [-0.4, -0.2) is 42.8 Å². The summed E-state index contributed by atoms with van der Waals surface area (Å²) in [6.07, 6.45) is 2.78. The Morgan fingerprint density at radius 1 is 0.971 bits per heavy atom. The normalized spacial score (nSPS) is 18.0. The second-order valence-corrected chi connectivity index (χ2v) is 8.11. The summed E-state index contributed by atoms with van der Waals surface area (Å²) in [5.74, 6) is -1.89. The molecule has 0 spiro atoms. The molecule has 1 fully saturated rings. The molecule has 34 heavy (non-hydrogen) atoms. The van der Waals surface area contributed by atoms with Crippen molar-refractivity contribution in [2.75, 3.05) is 19.5 Å². The number of hydrogen-bond acceptors (Lipinski definition) is 6. The van der Waals surface area contributed by atoms with Crippen LogP contribution in [0.3, 0.4) is 0 Å². The van der Waals surface area contributed by atoms with E-state index < -0.39 is 23.7 Å². The number of carboxylic acid groups (broad SMARTS) is 1. The van der Waals surface area contributed by atoms with E-state index in [-0.39, 0.29) is 5.91 Å². The summed E-state index contributed by atoms with van der Waals surface area (Å²) in [6, 6.07) is 11.9. The quantitative estimate of drug-likeness (QED) is 0.402. The van der Waals surface area contributed by atoms with Gasteiger partial charge in [-0.05, 0) is 55.7 Å². The maximum atomic E-state index is 12.6.